The van der Waals surface area contributed by atoms with E-state index >= 15 is 0 Å². The van der Waals surface area contributed by atoms with Gasteiger partial charge >= 0.3 is 0 Å². The molecule has 1 heterocycles. The average Bonchev–Trinajstić information content (AvgIpc) is 2.38. The van der Waals surface area contributed by atoms with Gasteiger partial charge in [-0.1, -0.05) is 33.3 Å². The Kier molecular flexibility index (Phi) is 4.79. The quantitative estimate of drug-likeness (QED) is 0.916. The van der Waals surface area contributed by atoms with Crippen LogP contribution in [0.2, 0.25) is 0 Å². The minimum absolute atomic E-state index is 0.118. The van der Waals surface area contributed by atoms with Crippen LogP contribution in [-0.2, 0) is 11.2 Å². The van der Waals surface area contributed by atoms with Crippen molar-refractivity contribution in [3.05, 3.63) is 30.1 Å². The molecular formula is C17H26N2O. The summed E-state index contributed by atoms with van der Waals surface area (Å²) < 4.78 is 0. The van der Waals surface area contributed by atoms with Crippen molar-refractivity contribution in [3.8, 4) is 0 Å². The van der Waals surface area contributed by atoms with E-state index in [-0.39, 0.29) is 17.2 Å². The summed E-state index contributed by atoms with van der Waals surface area (Å²) >= 11 is 0. The fraction of sp³-hybridized carbons (Fsp3) is 0.647. The van der Waals surface area contributed by atoms with E-state index in [2.05, 4.69) is 31.1 Å². The minimum atomic E-state index is 0.118. The SMILES string of the molecule is CC1CCCC(C)(C)C1C(=O)NCCc1ccccn1. The van der Waals surface area contributed by atoms with E-state index < -0.39 is 0 Å². The largest absolute Gasteiger partial charge is 0.355 e. The lowest BCUT2D eigenvalue weighted by Gasteiger charge is -2.41. The number of pyridine rings is 1. The Morgan fingerprint density at radius 3 is 2.90 bits per heavy atom. The van der Waals surface area contributed by atoms with Crippen molar-refractivity contribution in [1.29, 1.82) is 0 Å². The molecule has 0 bridgehead atoms. The normalized spacial score (nSPS) is 25.1. The summed E-state index contributed by atoms with van der Waals surface area (Å²) in [7, 11) is 0. The molecule has 1 aromatic heterocycles. The highest BCUT2D eigenvalue weighted by Gasteiger charge is 2.41. The summed E-state index contributed by atoms with van der Waals surface area (Å²) in [4.78, 5) is 16.8. The Hall–Kier alpha value is -1.38. The van der Waals surface area contributed by atoms with Gasteiger partial charge in [0.2, 0.25) is 5.91 Å². The molecule has 0 spiro atoms. The standard InChI is InChI=1S/C17H26N2O/c1-13-7-6-10-17(2,3)15(13)16(20)19-12-9-14-8-4-5-11-18-14/h4-5,8,11,13,15H,6-7,9-10,12H2,1-3H3,(H,19,20). The lowest BCUT2D eigenvalue weighted by Crippen LogP contribution is -2.45. The molecule has 0 saturated heterocycles. The van der Waals surface area contributed by atoms with E-state index in [4.69, 9.17) is 0 Å². The van der Waals surface area contributed by atoms with Gasteiger partial charge in [0.25, 0.3) is 0 Å². The number of rotatable bonds is 4. The van der Waals surface area contributed by atoms with Crippen molar-refractivity contribution in [2.45, 2.75) is 46.5 Å². The molecule has 1 fully saturated rings. The van der Waals surface area contributed by atoms with E-state index in [0.717, 1.165) is 18.5 Å². The number of nitrogens with one attached hydrogen (secondary N) is 1. The zero-order valence-electron chi connectivity index (χ0n) is 12.9. The Morgan fingerprint density at radius 2 is 2.25 bits per heavy atom. The van der Waals surface area contributed by atoms with Crippen LogP contribution in [0.5, 0.6) is 0 Å². The van der Waals surface area contributed by atoms with Gasteiger partial charge in [-0.2, -0.15) is 0 Å². The van der Waals surface area contributed by atoms with Crippen LogP contribution in [0.4, 0.5) is 0 Å². The van der Waals surface area contributed by atoms with Crippen LogP contribution in [-0.4, -0.2) is 17.4 Å². The highest BCUT2D eigenvalue weighted by Crippen LogP contribution is 2.43. The van der Waals surface area contributed by atoms with Gasteiger partial charge in [-0.25, -0.2) is 0 Å². The Bertz CT molecular complexity index is 442. The maximum Gasteiger partial charge on any atom is 0.223 e. The lowest BCUT2D eigenvalue weighted by molar-refractivity contribution is -0.132. The van der Waals surface area contributed by atoms with Gasteiger partial charge in [-0.3, -0.25) is 9.78 Å². The third-order valence-electron chi connectivity index (χ3n) is 4.58. The first-order valence-corrected chi connectivity index (χ1v) is 7.68. The lowest BCUT2D eigenvalue weighted by atomic mass is 9.64. The predicted molar refractivity (Wildman–Crippen MR) is 81.2 cm³/mol. The van der Waals surface area contributed by atoms with E-state index in [1.807, 2.05) is 18.2 Å². The maximum absolute atomic E-state index is 12.5. The van der Waals surface area contributed by atoms with Gasteiger partial charge < -0.3 is 5.32 Å². The maximum atomic E-state index is 12.5. The summed E-state index contributed by atoms with van der Waals surface area (Å²) in [6.45, 7) is 7.34. The van der Waals surface area contributed by atoms with Crippen LogP contribution in [0.3, 0.4) is 0 Å². The number of carbonyl (C=O) groups excluding carboxylic acids is 1. The van der Waals surface area contributed by atoms with Crippen molar-refractivity contribution >= 4 is 5.91 Å². The zero-order chi connectivity index (χ0) is 14.6. The number of hydrogen-bond acceptors (Lipinski definition) is 2. The third-order valence-corrected chi connectivity index (χ3v) is 4.58. The Labute approximate surface area is 122 Å². The molecule has 20 heavy (non-hydrogen) atoms. The second kappa shape index (κ2) is 6.38. The van der Waals surface area contributed by atoms with E-state index in [1.165, 1.54) is 12.8 Å². The highest BCUT2D eigenvalue weighted by atomic mass is 16.1. The first-order chi connectivity index (χ1) is 9.50. The summed E-state index contributed by atoms with van der Waals surface area (Å²) in [6.07, 6.45) is 6.15. The molecule has 1 N–H and O–H groups in total. The average molecular weight is 274 g/mol. The molecule has 1 aromatic rings. The minimum Gasteiger partial charge on any atom is -0.355 e. The molecule has 0 aromatic carbocycles. The molecule has 2 atom stereocenters. The molecule has 2 unspecified atom stereocenters. The molecule has 3 heteroatoms. The summed E-state index contributed by atoms with van der Waals surface area (Å²) in [5, 5.41) is 3.11. The van der Waals surface area contributed by atoms with Crippen molar-refractivity contribution in [3.63, 3.8) is 0 Å². The second-order valence-electron chi connectivity index (χ2n) is 6.70. The Balaban J connectivity index is 1.87. The van der Waals surface area contributed by atoms with Crippen LogP contribution < -0.4 is 5.32 Å². The van der Waals surface area contributed by atoms with Gasteiger partial charge in [-0.15, -0.1) is 0 Å². The molecule has 0 aliphatic heterocycles. The van der Waals surface area contributed by atoms with Crippen LogP contribution in [0.25, 0.3) is 0 Å². The number of aromatic nitrogens is 1. The number of nitrogens with zero attached hydrogens (tertiary/aromatic N) is 1. The molecule has 1 aliphatic carbocycles. The highest BCUT2D eigenvalue weighted by molar-refractivity contribution is 5.79. The van der Waals surface area contributed by atoms with Crippen molar-refractivity contribution in [1.82, 2.24) is 10.3 Å². The predicted octanol–water partition coefficient (Wildman–Crippen LogP) is 3.20. The Morgan fingerprint density at radius 1 is 1.45 bits per heavy atom. The monoisotopic (exact) mass is 274 g/mol. The molecule has 1 aliphatic rings. The third kappa shape index (κ3) is 3.59. The molecule has 2 rings (SSSR count). The summed E-state index contributed by atoms with van der Waals surface area (Å²) in [5.41, 5.74) is 1.15. The van der Waals surface area contributed by atoms with Gasteiger partial charge in [0.05, 0.1) is 0 Å². The van der Waals surface area contributed by atoms with Crippen molar-refractivity contribution in [2.75, 3.05) is 6.54 Å². The van der Waals surface area contributed by atoms with Gasteiger partial charge in [-0.05, 0) is 36.3 Å². The summed E-state index contributed by atoms with van der Waals surface area (Å²) in [5.74, 6) is 0.840. The van der Waals surface area contributed by atoms with Crippen molar-refractivity contribution < 1.29 is 4.79 Å². The van der Waals surface area contributed by atoms with Crippen LogP contribution in [0.1, 0.15) is 45.7 Å². The fourth-order valence-corrected chi connectivity index (χ4v) is 3.56. The molecular weight excluding hydrogens is 248 g/mol. The van der Waals surface area contributed by atoms with Crippen LogP contribution in [0.15, 0.2) is 24.4 Å². The van der Waals surface area contributed by atoms with E-state index in [9.17, 15) is 4.79 Å². The number of amides is 1. The number of hydrogen-bond donors (Lipinski definition) is 1. The molecule has 0 radical (unpaired) electrons. The van der Waals surface area contributed by atoms with Crippen molar-refractivity contribution in [2.24, 2.45) is 17.3 Å². The topological polar surface area (TPSA) is 42.0 Å². The molecule has 110 valence electrons. The van der Waals surface area contributed by atoms with E-state index in [0.29, 0.717) is 12.5 Å². The van der Waals surface area contributed by atoms with Gasteiger partial charge in [0.15, 0.2) is 0 Å². The van der Waals surface area contributed by atoms with Crippen LogP contribution >= 0.6 is 0 Å². The molecule has 3 nitrogen and oxygen atoms in total. The summed E-state index contributed by atoms with van der Waals surface area (Å²) in [6, 6.07) is 5.89. The molecule has 1 amide bonds. The van der Waals surface area contributed by atoms with E-state index in [1.54, 1.807) is 6.20 Å². The number of carbonyl (C=O) groups is 1. The first kappa shape index (κ1) is 15.0. The van der Waals surface area contributed by atoms with Crippen LogP contribution in [0, 0.1) is 17.3 Å². The second-order valence-corrected chi connectivity index (χ2v) is 6.70. The first-order valence-electron chi connectivity index (χ1n) is 7.68. The molecule has 1 saturated carbocycles. The fourth-order valence-electron chi connectivity index (χ4n) is 3.56. The van der Waals surface area contributed by atoms with Gasteiger partial charge in [0, 0.05) is 30.8 Å². The zero-order valence-corrected chi connectivity index (χ0v) is 12.9. The smallest absolute Gasteiger partial charge is 0.223 e. The van der Waals surface area contributed by atoms with Gasteiger partial charge in [0.1, 0.15) is 0 Å².